The molecule has 4 rings (SSSR count). The molecule has 196 valence electrons. The zero-order valence-corrected chi connectivity index (χ0v) is 23.3. The number of benzene rings is 3. The van der Waals surface area contributed by atoms with Crippen LogP contribution in [0.3, 0.4) is 0 Å². The second-order valence-electron chi connectivity index (χ2n) is 10.6. The fraction of sp³-hybridized carbons (Fsp3) is 0.387. The SMILES string of the molecule is COc1ccc([Si](C)(C)[C@@H]2[C@@H](C)[C@@H](CCc3ccc(N(C=O)c4ccccc4)cc3)O[C@H]2CCO)cc1. The van der Waals surface area contributed by atoms with Crippen molar-refractivity contribution in [3.8, 4) is 5.75 Å². The fourth-order valence-electron chi connectivity index (χ4n) is 6.04. The number of rotatable bonds is 11. The van der Waals surface area contributed by atoms with Crippen molar-refractivity contribution >= 4 is 31.0 Å². The maximum absolute atomic E-state index is 11.7. The van der Waals surface area contributed by atoms with E-state index in [-0.39, 0.29) is 18.8 Å². The van der Waals surface area contributed by atoms with Gasteiger partial charge in [0, 0.05) is 18.0 Å². The molecular formula is C31H39NO4Si. The highest BCUT2D eigenvalue weighted by atomic mass is 28.3. The van der Waals surface area contributed by atoms with Gasteiger partial charge in [0.2, 0.25) is 6.41 Å². The molecular weight excluding hydrogens is 478 g/mol. The summed E-state index contributed by atoms with van der Waals surface area (Å²) >= 11 is 0. The zero-order valence-electron chi connectivity index (χ0n) is 22.3. The van der Waals surface area contributed by atoms with Gasteiger partial charge in [-0.15, -0.1) is 0 Å². The number of aliphatic hydroxyl groups excluding tert-OH is 1. The molecule has 1 saturated heterocycles. The van der Waals surface area contributed by atoms with Gasteiger partial charge in [0.1, 0.15) is 5.75 Å². The first-order chi connectivity index (χ1) is 17.9. The van der Waals surface area contributed by atoms with Crippen molar-refractivity contribution in [2.45, 2.75) is 57.0 Å². The lowest BCUT2D eigenvalue weighted by molar-refractivity contribution is -0.106. The highest BCUT2D eigenvalue weighted by Gasteiger charge is 2.50. The number of aryl methyl sites for hydroxylation is 1. The first kappa shape index (κ1) is 27.1. The molecule has 3 aromatic rings. The van der Waals surface area contributed by atoms with E-state index in [1.165, 1.54) is 10.8 Å². The van der Waals surface area contributed by atoms with Gasteiger partial charge in [0.25, 0.3) is 0 Å². The van der Waals surface area contributed by atoms with Gasteiger partial charge in [-0.3, -0.25) is 9.69 Å². The number of methoxy groups -OCH3 is 1. The van der Waals surface area contributed by atoms with Crippen LogP contribution in [-0.2, 0) is 16.0 Å². The molecule has 1 amide bonds. The van der Waals surface area contributed by atoms with Crippen molar-refractivity contribution in [1.29, 1.82) is 0 Å². The Kier molecular flexibility index (Phi) is 8.85. The van der Waals surface area contributed by atoms with E-state index in [2.05, 4.69) is 56.4 Å². The van der Waals surface area contributed by atoms with E-state index in [1.807, 2.05) is 42.5 Å². The van der Waals surface area contributed by atoms with Crippen LogP contribution in [0.2, 0.25) is 18.6 Å². The minimum Gasteiger partial charge on any atom is -0.497 e. The number of carbonyl (C=O) groups excluding carboxylic acids is 1. The largest absolute Gasteiger partial charge is 0.497 e. The third kappa shape index (κ3) is 5.98. The molecule has 3 aromatic carbocycles. The van der Waals surface area contributed by atoms with Gasteiger partial charge in [-0.1, -0.05) is 67.7 Å². The Labute approximate surface area is 222 Å². The molecule has 4 atom stereocenters. The number of hydrogen-bond donors (Lipinski definition) is 1. The normalized spacial score (nSPS) is 21.5. The predicted octanol–water partition coefficient (Wildman–Crippen LogP) is 5.69. The van der Waals surface area contributed by atoms with Gasteiger partial charge in [0.15, 0.2) is 0 Å². The number of anilines is 2. The van der Waals surface area contributed by atoms with E-state index in [4.69, 9.17) is 9.47 Å². The lowest BCUT2D eigenvalue weighted by Crippen LogP contribution is -2.50. The van der Waals surface area contributed by atoms with Crippen LogP contribution in [0.5, 0.6) is 5.75 Å². The lowest BCUT2D eigenvalue weighted by atomic mass is 9.95. The molecule has 0 spiro atoms. The Morgan fingerprint density at radius 3 is 2.16 bits per heavy atom. The minimum atomic E-state index is -1.88. The van der Waals surface area contributed by atoms with Crippen LogP contribution in [-0.4, -0.2) is 45.5 Å². The fourth-order valence-corrected chi connectivity index (χ4v) is 10.1. The van der Waals surface area contributed by atoms with Crippen LogP contribution < -0.4 is 14.8 Å². The molecule has 0 aliphatic carbocycles. The van der Waals surface area contributed by atoms with E-state index in [0.29, 0.717) is 17.9 Å². The lowest BCUT2D eigenvalue weighted by Gasteiger charge is -2.36. The number of hydrogen-bond acceptors (Lipinski definition) is 4. The molecule has 6 heteroatoms. The molecule has 1 fully saturated rings. The molecule has 5 nitrogen and oxygen atoms in total. The van der Waals surface area contributed by atoms with Crippen LogP contribution in [0.15, 0.2) is 78.9 Å². The summed E-state index contributed by atoms with van der Waals surface area (Å²) in [6.45, 7) is 7.33. The van der Waals surface area contributed by atoms with Crippen LogP contribution in [0.1, 0.15) is 25.3 Å². The number of para-hydroxylation sites is 1. The van der Waals surface area contributed by atoms with Gasteiger partial charge >= 0.3 is 0 Å². The average Bonchev–Trinajstić information content (AvgIpc) is 3.24. The predicted molar refractivity (Wildman–Crippen MR) is 153 cm³/mol. The van der Waals surface area contributed by atoms with E-state index >= 15 is 0 Å². The molecule has 0 saturated carbocycles. The third-order valence-electron chi connectivity index (χ3n) is 8.06. The Morgan fingerprint density at radius 1 is 0.919 bits per heavy atom. The highest BCUT2D eigenvalue weighted by molar-refractivity contribution is 6.91. The molecule has 0 unspecified atom stereocenters. The van der Waals surface area contributed by atoms with Gasteiger partial charge in [-0.2, -0.15) is 0 Å². The Morgan fingerprint density at radius 2 is 1.57 bits per heavy atom. The van der Waals surface area contributed by atoms with Crippen LogP contribution in [0, 0.1) is 5.92 Å². The Hall–Kier alpha value is -2.93. The van der Waals surface area contributed by atoms with E-state index < -0.39 is 8.07 Å². The average molecular weight is 518 g/mol. The van der Waals surface area contributed by atoms with Gasteiger partial charge in [-0.25, -0.2) is 0 Å². The number of amides is 1. The molecule has 0 aromatic heterocycles. The molecule has 0 bridgehead atoms. The Balaban J connectivity index is 1.45. The van der Waals surface area contributed by atoms with Gasteiger partial charge < -0.3 is 14.6 Å². The quantitative estimate of drug-likeness (QED) is 0.262. The van der Waals surface area contributed by atoms with Crippen molar-refractivity contribution in [2.24, 2.45) is 5.92 Å². The Bertz CT molecular complexity index is 1130. The van der Waals surface area contributed by atoms with Crippen molar-refractivity contribution < 1.29 is 19.4 Å². The summed E-state index contributed by atoms with van der Waals surface area (Å²) in [4.78, 5) is 13.4. The van der Waals surface area contributed by atoms with Crippen molar-refractivity contribution in [3.05, 3.63) is 84.4 Å². The first-order valence-corrected chi connectivity index (χ1v) is 16.3. The smallest absolute Gasteiger partial charge is 0.218 e. The van der Waals surface area contributed by atoms with Crippen LogP contribution >= 0.6 is 0 Å². The molecule has 1 aliphatic rings. The van der Waals surface area contributed by atoms with Crippen molar-refractivity contribution in [2.75, 3.05) is 18.6 Å². The highest BCUT2D eigenvalue weighted by Crippen LogP contribution is 2.46. The second-order valence-corrected chi connectivity index (χ2v) is 15.3. The maximum atomic E-state index is 11.7. The summed E-state index contributed by atoms with van der Waals surface area (Å²) in [6.07, 6.45) is 3.60. The summed E-state index contributed by atoms with van der Waals surface area (Å²) < 4.78 is 12.0. The van der Waals surface area contributed by atoms with Crippen molar-refractivity contribution in [3.63, 3.8) is 0 Å². The van der Waals surface area contributed by atoms with Gasteiger partial charge in [0.05, 0.1) is 27.4 Å². The minimum absolute atomic E-state index is 0.0724. The maximum Gasteiger partial charge on any atom is 0.218 e. The molecule has 0 radical (unpaired) electrons. The van der Waals surface area contributed by atoms with E-state index in [0.717, 1.165) is 36.4 Å². The molecule has 1 aliphatic heterocycles. The second kappa shape index (κ2) is 12.1. The topological polar surface area (TPSA) is 59.0 Å². The molecule has 1 heterocycles. The standard InChI is InChI=1S/C31H39NO4Si/c1-23-29(19-12-24-10-13-26(14-11-24)32(22-34)25-8-6-5-7-9-25)36-30(20-21-33)31(23)37(3,4)28-17-15-27(35-2)16-18-28/h5-11,13-18,22-23,29-31,33H,12,19-21H2,1-4H3/t23-,29+,30-,31+/m0/s1. The summed E-state index contributed by atoms with van der Waals surface area (Å²) in [5, 5.41) is 11.2. The van der Waals surface area contributed by atoms with Gasteiger partial charge in [-0.05, 0) is 72.7 Å². The van der Waals surface area contributed by atoms with Crippen LogP contribution in [0.25, 0.3) is 0 Å². The third-order valence-corrected chi connectivity index (χ3v) is 12.4. The van der Waals surface area contributed by atoms with E-state index in [1.54, 1.807) is 12.0 Å². The monoisotopic (exact) mass is 517 g/mol. The number of nitrogens with zero attached hydrogens (tertiary/aromatic N) is 1. The zero-order chi connectivity index (χ0) is 26.4. The van der Waals surface area contributed by atoms with E-state index in [9.17, 15) is 9.90 Å². The number of carbonyl (C=O) groups is 1. The van der Waals surface area contributed by atoms with Crippen molar-refractivity contribution in [1.82, 2.24) is 0 Å². The molecule has 37 heavy (non-hydrogen) atoms. The van der Waals surface area contributed by atoms with Crippen LogP contribution in [0.4, 0.5) is 11.4 Å². The number of ether oxygens (including phenoxy) is 2. The summed E-state index contributed by atoms with van der Waals surface area (Å²) in [6, 6.07) is 26.4. The molecule has 1 N–H and O–H groups in total. The number of aliphatic hydroxyl groups is 1. The summed E-state index contributed by atoms with van der Waals surface area (Å²) in [5.74, 6) is 1.28. The summed E-state index contributed by atoms with van der Waals surface area (Å²) in [5.41, 5.74) is 3.36. The summed E-state index contributed by atoms with van der Waals surface area (Å²) in [7, 11) is -0.186. The first-order valence-electron chi connectivity index (χ1n) is 13.2.